The number of β-amino-alcohol motifs (C(OH)–C–C–N with tert-alkyl or cyclic N) is 1. The van der Waals surface area contributed by atoms with Gasteiger partial charge in [-0.15, -0.1) is 11.3 Å². The minimum atomic E-state index is -0.649. The number of aliphatic hydroxyl groups excluding tert-OH is 1. The Kier molecular flexibility index (Phi) is 10.9. The molecule has 0 aliphatic carbocycles. The molecule has 4 rings (SSSR count). The third-order valence-corrected chi connectivity index (χ3v) is 6.50. The van der Waals surface area contributed by atoms with Gasteiger partial charge >= 0.3 is 0 Å². The minimum absolute atomic E-state index is 0.204. The van der Waals surface area contributed by atoms with E-state index in [1.54, 1.807) is 29.7 Å². The Morgan fingerprint density at radius 1 is 1.03 bits per heavy atom. The van der Waals surface area contributed by atoms with Crippen molar-refractivity contribution in [2.24, 2.45) is 0 Å². The summed E-state index contributed by atoms with van der Waals surface area (Å²) >= 11 is 1.66. The maximum absolute atomic E-state index is 10.6. The van der Waals surface area contributed by atoms with Crippen molar-refractivity contribution in [1.82, 2.24) is 10.3 Å². The molecule has 2 N–H and O–H groups in total. The minimum Gasteiger partial charge on any atom is -0.490 e. The first-order valence-corrected chi connectivity index (χ1v) is 13.6. The van der Waals surface area contributed by atoms with Gasteiger partial charge in [0.1, 0.15) is 35.8 Å². The van der Waals surface area contributed by atoms with Crippen molar-refractivity contribution in [3.63, 3.8) is 0 Å². The lowest BCUT2D eigenvalue weighted by molar-refractivity contribution is 0.0991. The van der Waals surface area contributed by atoms with E-state index in [1.807, 2.05) is 73.8 Å². The number of nitriles is 1. The highest BCUT2D eigenvalue weighted by molar-refractivity contribution is 7.13. The van der Waals surface area contributed by atoms with Crippen LogP contribution in [0, 0.1) is 11.3 Å². The molecule has 4 aromatic rings. The average Bonchev–Trinajstić information content (AvgIpc) is 3.48. The second-order valence-corrected chi connectivity index (χ2v) is 10.0. The number of hydrogen-bond acceptors (Lipinski definition) is 7. The van der Waals surface area contributed by atoms with Gasteiger partial charge in [0.25, 0.3) is 0 Å². The summed E-state index contributed by atoms with van der Waals surface area (Å²) in [5.74, 6) is 1.69. The number of benzene rings is 2. The number of hydrogen-bond donors (Lipinski definition) is 2. The van der Waals surface area contributed by atoms with Crippen LogP contribution in [0.4, 0.5) is 0 Å². The zero-order valence-electron chi connectivity index (χ0n) is 22.3. The summed E-state index contributed by atoms with van der Waals surface area (Å²) in [6, 6.07) is 25.2. The van der Waals surface area contributed by atoms with Crippen LogP contribution in [-0.4, -0.2) is 34.9 Å². The number of nitrogens with one attached hydrogen (secondary N) is 1. The quantitative estimate of drug-likeness (QED) is 0.221. The van der Waals surface area contributed by atoms with Crippen LogP contribution < -0.4 is 14.8 Å². The van der Waals surface area contributed by atoms with Crippen LogP contribution in [0.2, 0.25) is 0 Å². The molecule has 198 valence electrons. The van der Waals surface area contributed by atoms with Crippen LogP contribution in [0.3, 0.4) is 0 Å². The van der Waals surface area contributed by atoms with E-state index in [2.05, 4.69) is 36.3 Å². The van der Waals surface area contributed by atoms with Crippen molar-refractivity contribution in [2.45, 2.75) is 45.8 Å². The molecule has 7 heteroatoms. The molecule has 2 aromatic carbocycles. The smallest absolute Gasteiger partial charge is 0.237 e. The Morgan fingerprint density at radius 3 is 2.50 bits per heavy atom. The number of aliphatic hydroxyl groups is 1. The molecule has 1 atom stereocenters. The number of pyridine rings is 1. The fourth-order valence-corrected chi connectivity index (χ4v) is 4.54. The van der Waals surface area contributed by atoms with Gasteiger partial charge in [0.15, 0.2) is 0 Å². The first-order valence-electron chi connectivity index (χ1n) is 12.7. The molecule has 2 aromatic heterocycles. The molecular formula is C31H35N3O3S. The van der Waals surface area contributed by atoms with Gasteiger partial charge in [-0.3, -0.25) is 0 Å². The van der Waals surface area contributed by atoms with Gasteiger partial charge in [0, 0.05) is 28.7 Å². The first kappa shape index (κ1) is 28.9. The van der Waals surface area contributed by atoms with Gasteiger partial charge in [0.05, 0.1) is 0 Å². The van der Waals surface area contributed by atoms with Gasteiger partial charge in [-0.1, -0.05) is 44.2 Å². The summed E-state index contributed by atoms with van der Waals surface area (Å²) in [5, 5.41) is 25.2. The van der Waals surface area contributed by atoms with Crippen LogP contribution in [0.1, 0.15) is 38.8 Å². The first-order chi connectivity index (χ1) is 18.4. The lowest BCUT2D eigenvalue weighted by Crippen LogP contribution is -2.46. The Labute approximate surface area is 229 Å². The highest BCUT2D eigenvalue weighted by Crippen LogP contribution is 2.33. The van der Waals surface area contributed by atoms with Crippen molar-refractivity contribution in [3.8, 4) is 33.9 Å². The predicted octanol–water partition coefficient (Wildman–Crippen LogP) is 6.85. The molecule has 0 saturated heterocycles. The van der Waals surface area contributed by atoms with E-state index < -0.39 is 6.10 Å². The molecule has 38 heavy (non-hydrogen) atoms. The molecular weight excluding hydrogens is 494 g/mol. The molecule has 0 saturated carbocycles. The normalized spacial score (nSPS) is 11.6. The van der Waals surface area contributed by atoms with E-state index in [4.69, 9.17) is 9.47 Å². The van der Waals surface area contributed by atoms with Crippen LogP contribution >= 0.6 is 11.3 Å². The van der Waals surface area contributed by atoms with E-state index in [9.17, 15) is 10.4 Å². The van der Waals surface area contributed by atoms with E-state index in [0.717, 1.165) is 28.2 Å². The highest BCUT2D eigenvalue weighted by atomic mass is 32.1. The predicted molar refractivity (Wildman–Crippen MR) is 154 cm³/mol. The molecule has 6 nitrogen and oxygen atoms in total. The second-order valence-electron chi connectivity index (χ2n) is 9.09. The van der Waals surface area contributed by atoms with Gasteiger partial charge < -0.3 is 19.9 Å². The van der Waals surface area contributed by atoms with Gasteiger partial charge in [-0.2, -0.15) is 5.26 Å². The summed E-state index contributed by atoms with van der Waals surface area (Å²) in [6.07, 6.45) is 1.71. The van der Waals surface area contributed by atoms with E-state index in [1.165, 1.54) is 0 Å². The Balaban J connectivity index is 0.00000195. The summed E-state index contributed by atoms with van der Waals surface area (Å²) < 4.78 is 11.7. The van der Waals surface area contributed by atoms with E-state index >= 15 is 0 Å². The second kappa shape index (κ2) is 14.3. The largest absolute Gasteiger partial charge is 0.490 e. The monoisotopic (exact) mass is 529 g/mol. The number of ether oxygens (including phenoxy) is 2. The molecule has 1 unspecified atom stereocenters. The maximum Gasteiger partial charge on any atom is 0.237 e. The standard InChI is InChI=1S/C29H29N3O3S.C2H6/c1-29(2,17-21-11-13-24(14-12-21)35-28-22(18-30)7-5-15-31-28)32-19-23(33)20-34-26-9-4-3-8-25(26)27-10-6-16-36-27;1-2/h3-16,23,32-33H,17,19-20H2,1-2H3;1-2H3. The molecule has 2 heterocycles. The lowest BCUT2D eigenvalue weighted by Gasteiger charge is -2.28. The number of rotatable bonds is 11. The van der Waals surface area contributed by atoms with Crippen molar-refractivity contribution in [1.29, 1.82) is 5.26 Å². The summed E-state index contributed by atoms with van der Waals surface area (Å²) in [5.41, 5.74) is 2.31. The lowest BCUT2D eigenvalue weighted by atomic mass is 9.94. The molecule has 0 radical (unpaired) electrons. The van der Waals surface area contributed by atoms with Crippen LogP contribution in [0.15, 0.2) is 84.4 Å². The van der Waals surface area contributed by atoms with Crippen LogP contribution in [0.5, 0.6) is 17.4 Å². The summed E-state index contributed by atoms with van der Waals surface area (Å²) in [6.45, 7) is 8.82. The number of nitrogens with zero attached hydrogens (tertiary/aromatic N) is 2. The van der Waals surface area contributed by atoms with Gasteiger partial charge in [-0.25, -0.2) is 4.98 Å². The number of thiophene rings is 1. The highest BCUT2D eigenvalue weighted by Gasteiger charge is 2.20. The van der Waals surface area contributed by atoms with Crippen molar-refractivity contribution < 1.29 is 14.6 Å². The molecule has 0 spiro atoms. The van der Waals surface area contributed by atoms with Crippen molar-refractivity contribution >= 4 is 11.3 Å². The van der Waals surface area contributed by atoms with E-state index in [-0.39, 0.29) is 12.1 Å². The fourth-order valence-electron chi connectivity index (χ4n) is 3.78. The number of aromatic nitrogens is 1. The molecule has 0 fully saturated rings. The Morgan fingerprint density at radius 2 is 1.79 bits per heavy atom. The maximum atomic E-state index is 10.6. The van der Waals surface area contributed by atoms with Crippen molar-refractivity contribution in [3.05, 3.63) is 95.5 Å². The average molecular weight is 530 g/mol. The van der Waals surface area contributed by atoms with Crippen LogP contribution in [-0.2, 0) is 6.42 Å². The molecule has 0 bridgehead atoms. The van der Waals surface area contributed by atoms with E-state index in [0.29, 0.717) is 23.7 Å². The van der Waals surface area contributed by atoms with Crippen LogP contribution in [0.25, 0.3) is 10.4 Å². The zero-order chi connectivity index (χ0) is 27.4. The van der Waals surface area contributed by atoms with Gasteiger partial charge in [-0.05, 0) is 73.7 Å². The third-order valence-electron chi connectivity index (χ3n) is 5.60. The van der Waals surface area contributed by atoms with Crippen molar-refractivity contribution in [2.75, 3.05) is 13.2 Å². The molecule has 0 aliphatic heterocycles. The Bertz CT molecular complexity index is 1300. The fraction of sp³-hybridized carbons (Fsp3) is 0.290. The zero-order valence-corrected chi connectivity index (χ0v) is 23.2. The SMILES string of the molecule is CC.CC(C)(Cc1ccc(Oc2ncccc2C#N)cc1)NCC(O)COc1ccccc1-c1cccs1. The topological polar surface area (TPSA) is 87.4 Å². The van der Waals surface area contributed by atoms with Gasteiger partial charge in [0.2, 0.25) is 5.88 Å². The Hall–Kier alpha value is -3.70. The summed E-state index contributed by atoms with van der Waals surface area (Å²) in [4.78, 5) is 5.27. The third kappa shape index (κ3) is 8.42. The molecule has 0 amide bonds. The number of para-hydroxylation sites is 1. The molecule has 0 aliphatic rings. The summed E-state index contributed by atoms with van der Waals surface area (Å²) in [7, 11) is 0.